The van der Waals surface area contributed by atoms with E-state index in [-0.39, 0.29) is 24.4 Å². The van der Waals surface area contributed by atoms with Crippen LogP contribution in [-0.4, -0.2) is 67.2 Å². The number of rotatable bonds is 6. The number of morpholine rings is 1. The molecule has 0 N–H and O–H groups in total. The number of hydrogen-bond donors (Lipinski definition) is 0. The van der Waals surface area contributed by atoms with Gasteiger partial charge in [-0.15, -0.1) is 0 Å². The van der Waals surface area contributed by atoms with E-state index in [9.17, 15) is 9.18 Å². The number of carbonyl (C=O) groups is 1. The minimum Gasteiger partial charge on any atom is -0.491 e. The first kappa shape index (κ1) is 18.1. The first-order valence-corrected chi connectivity index (χ1v) is 9.17. The van der Waals surface area contributed by atoms with Gasteiger partial charge in [-0.25, -0.2) is 4.39 Å². The third-order valence-corrected chi connectivity index (χ3v) is 4.95. The summed E-state index contributed by atoms with van der Waals surface area (Å²) in [5.41, 5.74) is 0. The van der Waals surface area contributed by atoms with E-state index in [1.54, 1.807) is 12.1 Å². The van der Waals surface area contributed by atoms with Crippen LogP contribution in [0.5, 0.6) is 5.75 Å². The van der Waals surface area contributed by atoms with E-state index in [0.29, 0.717) is 24.9 Å². The van der Waals surface area contributed by atoms with Gasteiger partial charge < -0.3 is 19.3 Å². The molecule has 0 radical (unpaired) electrons. The van der Waals surface area contributed by atoms with Gasteiger partial charge in [0.1, 0.15) is 30.9 Å². The molecule has 0 aromatic heterocycles. The maximum absolute atomic E-state index is 12.9. The number of nitrogens with zero attached hydrogens (tertiary/aromatic N) is 2. The fourth-order valence-electron chi connectivity index (χ4n) is 3.59. The summed E-state index contributed by atoms with van der Waals surface area (Å²) in [7, 11) is 0. The summed E-state index contributed by atoms with van der Waals surface area (Å²) in [5.74, 6) is 0.403. The second kappa shape index (κ2) is 8.63. The molecule has 6 heteroatoms. The van der Waals surface area contributed by atoms with Gasteiger partial charge in [0, 0.05) is 19.1 Å². The molecule has 0 saturated carbocycles. The molecule has 2 saturated heterocycles. The van der Waals surface area contributed by atoms with Crippen molar-refractivity contribution in [3.8, 4) is 5.75 Å². The van der Waals surface area contributed by atoms with E-state index in [1.807, 2.05) is 4.90 Å². The summed E-state index contributed by atoms with van der Waals surface area (Å²) in [5, 5.41) is 0. The SMILES string of the molecule is CCCN1CCC(N2CC(COc3ccc(F)cc3)OCC2=O)CC1. The maximum atomic E-state index is 12.9. The zero-order chi connectivity index (χ0) is 17.6. The molecule has 0 bridgehead atoms. The van der Waals surface area contributed by atoms with Crippen molar-refractivity contribution in [1.82, 2.24) is 9.80 Å². The topological polar surface area (TPSA) is 42.0 Å². The molecular formula is C19H27FN2O3. The van der Waals surface area contributed by atoms with Crippen LogP contribution in [0.25, 0.3) is 0 Å². The second-order valence-corrected chi connectivity index (χ2v) is 6.82. The van der Waals surface area contributed by atoms with Crippen molar-refractivity contribution in [2.45, 2.75) is 38.3 Å². The van der Waals surface area contributed by atoms with Gasteiger partial charge >= 0.3 is 0 Å². The van der Waals surface area contributed by atoms with Crippen molar-refractivity contribution >= 4 is 5.91 Å². The quantitative estimate of drug-likeness (QED) is 0.790. The lowest BCUT2D eigenvalue weighted by Gasteiger charge is -2.42. The minimum absolute atomic E-state index is 0.0759. The largest absolute Gasteiger partial charge is 0.491 e. The summed E-state index contributed by atoms with van der Waals surface area (Å²) >= 11 is 0. The smallest absolute Gasteiger partial charge is 0.248 e. The Morgan fingerprint density at radius 2 is 1.96 bits per heavy atom. The summed E-state index contributed by atoms with van der Waals surface area (Å²) in [6, 6.07) is 6.25. The van der Waals surface area contributed by atoms with Gasteiger partial charge in [0.2, 0.25) is 5.91 Å². The number of ether oxygens (including phenoxy) is 2. The minimum atomic E-state index is -0.285. The Kier molecular flexibility index (Phi) is 6.26. The zero-order valence-electron chi connectivity index (χ0n) is 14.8. The van der Waals surface area contributed by atoms with Crippen molar-refractivity contribution in [3.05, 3.63) is 30.1 Å². The zero-order valence-corrected chi connectivity index (χ0v) is 14.8. The van der Waals surface area contributed by atoms with Gasteiger partial charge in [0.15, 0.2) is 0 Å². The van der Waals surface area contributed by atoms with E-state index in [4.69, 9.17) is 9.47 Å². The van der Waals surface area contributed by atoms with Gasteiger partial charge in [-0.2, -0.15) is 0 Å². The number of hydrogen-bond acceptors (Lipinski definition) is 4. The highest BCUT2D eigenvalue weighted by atomic mass is 19.1. The molecule has 1 aromatic rings. The third kappa shape index (κ3) is 4.92. The molecule has 3 rings (SSSR count). The van der Waals surface area contributed by atoms with E-state index in [2.05, 4.69) is 11.8 Å². The molecule has 2 aliphatic rings. The summed E-state index contributed by atoms with van der Waals surface area (Å²) in [6.07, 6.45) is 3.08. The Balaban J connectivity index is 1.49. The number of carbonyl (C=O) groups excluding carboxylic acids is 1. The Hall–Kier alpha value is -1.66. The highest BCUT2D eigenvalue weighted by Crippen LogP contribution is 2.21. The second-order valence-electron chi connectivity index (χ2n) is 6.82. The molecule has 5 nitrogen and oxygen atoms in total. The van der Waals surface area contributed by atoms with Crippen molar-refractivity contribution < 1.29 is 18.7 Å². The molecule has 2 aliphatic heterocycles. The monoisotopic (exact) mass is 350 g/mol. The number of amides is 1. The molecule has 1 amide bonds. The van der Waals surface area contributed by atoms with Gasteiger partial charge in [0.25, 0.3) is 0 Å². The maximum Gasteiger partial charge on any atom is 0.248 e. The molecule has 1 unspecified atom stereocenters. The van der Waals surface area contributed by atoms with Crippen molar-refractivity contribution in [2.24, 2.45) is 0 Å². The normalized spacial score (nSPS) is 23.0. The van der Waals surface area contributed by atoms with Crippen LogP contribution in [0, 0.1) is 5.82 Å². The Morgan fingerprint density at radius 3 is 2.64 bits per heavy atom. The van der Waals surface area contributed by atoms with Gasteiger partial charge in [-0.3, -0.25) is 4.79 Å². The van der Waals surface area contributed by atoms with Gasteiger partial charge in [0.05, 0.1) is 6.54 Å². The first-order chi connectivity index (χ1) is 12.2. The number of piperidine rings is 1. The summed E-state index contributed by atoms with van der Waals surface area (Å²) in [6.45, 7) is 6.50. The fourth-order valence-corrected chi connectivity index (χ4v) is 3.59. The molecule has 0 spiro atoms. The lowest BCUT2D eigenvalue weighted by Crippen LogP contribution is -2.55. The standard InChI is InChI=1S/C19H27FN2O3/c1-2-9-21-10-7-16(8-11-21)22-12-18(25-14-19(22)23)13-24-17-5-3-15(20)4-6-17/h3-6,16,18H,2,7-14H2,1H3. The number of halogens is 1. The lowest BCUT2D eigenvalue weighted by molar-refractivity contribution is -0.155. The highest BCUT2D eigenvalue weighted by Gasteiger charge is 2.33. The Labute approximate surface area is 148 Å². The molecule has 0 aliphatic carbocycles. The van der Waals surface area contributed by atoms with Crippen molar-refractivity contribution in [1.29, 1.82) is 0 Å². The Bertz CT molecular complexity index is 558. The van der Waals surface area contributed by atoms with E-state index in [0.717, 1.165) is 32.5 Å². The first-order valence-electron chi connectivity index (χ1n) is 9.17. The summed E-state index contributed by atoms with van der Waals surface area (Å²) < 4.78 is 24.2. The van der Waals surface area contributed by atoms with Crippen LogP contribution in [0.3, 0.4) is 0 Å². The lowest BCUT2D eigenvalue weighted by atomic mass is 10.0. The van der Waals surface area contributed by atoms with Gasteiger partial charge in [-0.05, 0) is 50.1 Å². The van der Waals surface area contributed by atoms with E-state index >= 15 is 0 Å². The van der Waals surface area contributed by atoms with Crippen molar-refractivity contribution in [3.63, 3.8) is 0 Å². The fraction of sp³-hybridized carbons (Fsp3) is 0.632. The third-order valence-electron chi connectivity index (χ3n) is 4.95. The predicted octanol–water partition coefficient (Wildman–Crippen LogP) is 2.31. The predicted molar refractivity (Wildman–Crippen MR) is 93.1 cm³/mol. The van der Waals surface area contributed by atoms with Crippen LogP contribution in [0.2, 0.25) is 0 Å². The number of benzene rings is 1. The molecule has 138 valence electrons. The molecule has 1 atom stereocenters. The molecule has 2 heterocycles. The van der Waals surface area contributed by atoms with Crippen LogP contribution >= 0.6 is 0 Å². The molecule has 1 aromatic carbocycles. The van der Waals surface area contributed by atoms with Crippen LogP contribution in [0.1, 0.15) is 26.2 Å². The molecule has 2 fully saturated rings. The van der Waals surface area contributed by atoms with Crippen LogP contribution in [-0.2, 0) is 9.53 Å². The molecular weight excluding hydrogens is 323 g/mol. The van der Waals surface area contributed by atoms with Crippen LogP contribution in [0.4, 0.5) is 4.39 Å². The van der Waals surface area contributed by atoms with Gasteiger partial charge in [-0.1, -0.05) is 6.92 Å². The van der Waals surface area contributed by atoms with E-state index in [1.165, 1.54) is 18.6 Å². The van der Waals surface area contributed by atoms with Crippen molar-refractivity contribution in [2.75, 3.05) is 39.4 Å². The highest BCUT2D eigenvalue weighted by molar-refractivity contribution is 5.78. The summed E-state index contributed by atoms with van der Waals surface area (Å²) in [4.78, 5) is 16.7. The van der Waals surface area contributed by atoms with Crippen LogP contribution < -0.4 is 4.74 Å². The molecule has 25 heavy (non-hydrogen) atoms. The number of likely N-dealkylation sites (tertiary alicyclic amines) is 1. The average molecular weight is 350 g/mol. The van der Waals surface area contributed by atoms with E-state index < -0.39 is 0 Å². The Morgan fingerprint density at radius 1 is 1.24 bits per heavy atom. The van der Waals surface area contributed by atoms with Crippen LogP contribution in [0.15, 0.2) is 24.3 Å². The average Bonchev–Trinajstić information content (AvgIpc) is 2.63.